The van der Waals surface area contributed by atoms with Crippen molar-refractivity contribution in [3.8, 4) is 5.88 Å². The molecular formula is C17H13N3O6. The van der Waals surface area contributed by atoms with Gasteiger partial charge in [-0.1, -0.05) is 0 Å². The summed E-state index contributed by atoms with van der Waals surface area (Å²) >= 11 is 0. The lowest BCUT2D eigenvalue weighted by molar-refractivity contribution is 0.0697. The first-order chi connectivity index (χ1) is 12.5. The largest absolute Gasteiger partial charge is 0.494 e. The lowest BCUT2D eigenvalue weighted by Crippen LogP contribution is -2.32. The van der Waals surface area contributed by atoms with Crippen LogP contribution >= 0.6 is 0 Å². The van der Waals surface area contributed by atoms with Gasteiger partial charge in [0, 0.05) is 6.21 Å². The van der Waals surface area contributed by atoms with Crippen molar-refractivity contribution in [3.63, 3.8) is 0 Å². The number of aliphatic imine (C=N–C) groups is 1. The quantitative estimate of drug-likeness (QED) is 0.590. The van der Waals surface area contributed by atoms with Crippen molar-refractivity contribution in [1.82, 2.24) is 9.55 Å². The predicted molar refractivity (Wildman–Crippen MR) is 91.5 cm³/mol. The van der Waals surface area contributed by atoms with Crippen LogP contribution in [0, 0.1) is 0 Å². The Morgan fingerprint density at radius 3 is 2.58 bits per heavy atom. The number of benzene rings is 1. The van der Waals surface area contributed by atoms with Gasteiger partial charge < -0.3 is 14.6 Å². The molecule has 3 N–H and O–H groups in total. The number of hydrogen-bond donors (Lipinski definition) is 3. The number of carboxylic acids is 1. The van der Waals surface area contributed by atoms with E-state index in [0.29, 0.717) is 11.4 Å². The van der Waals surface area contributed by atoms with E-state index in [4.69, 9.17) is 9.52 Å². The van der Waals surface area contributed by atoms with Gasteiger partial charge in [-0.15, -0.1) is 0 Å². The van der Waals surface area contributed by atoms with E-state index < -0.39 is 23.1 Å². The van der Waals surface area contributed by atoms with Gasteiger partial charge in [-0.3, -0.25) is 19.3 Å². The summed E-state index contributed by atoms with van der Waals surface area (Å²) in [5, 5.41) is 19.1. The number of aromatic hydroxyl groups is 1. The summed E-state index contributed by atoms with van der Waals surface area (Å²) in [6.07, 6.45) is 2.52. The molecule has 2 aromatic heterocycles. The summed E-state index contributed by atoms with van der Waals surface area (Å²) in [5.74, 6) is -1.21. The number of rotatable bonds is 5. The molecule has 0 fully saturated rings. The number of aromatic carboxylic acids is 1. The highest BCUT2D eigenvalue weighted by atomic mass is 16.4. The lowest BCUT2D eigenvalue weighted by atomic mass is 10.2. The Bertz CT molecular complexity index is 1080. The Labute approximate surface area is 145 Å². The Balaban J connectivity index is 1.95. The van der Waals surface area contributed by atoms with Crippen LogP contribution < -0.4 is 11.2 Å². The maximum Gasteiger partial charge on any atom is 0.335 e. The molecule has 3 rings (SSSR count). The van der Waals surface area contributed by atoms with Crippen LogP contribution in [0.15, 0.2) is 61.7 Å². The first kappa shape index (κ1) is 17.0. The second-order valence-electron chi connectivity index (χ2n) is 5.27. The molecule has 0 spiro atoms. The summed E-state index contributed by atoms with van der Waals surface area (Å²) in [6, 6.07) is 8.86. The van der Waals surface area contributed by atoms with E-state index >= 15 is 0 Å². The summed E-state index contributed by atoms with van der Waals surface area (Å²) in [5.41, 5.74) is -1.33. The monoisotopic (exact) mass is 355 g/mol. The van der Waals surface area contributed by atoms with Crippen molar-refractivity contribution in [2.45, 2.75) is 6.54 Å². The second-order valence-corrected chi connectivity index (χ2v) is 5.27. The number of hydrogen-bond acceptors (Lipinski definition) is 6. The van der Waals surface area contributed by atoms with Gasteiger partial charge in [0.15, 0.2) is 0 Å². The molecule has 1 aromatic carbocycles. The normalized spacial score (nSPS) is 11.1. The molecule has 9 nitrogen and oxygen atoms in total. The van der Waals surface area contributed by atoms with Crippen LogP contribution in [0.3, 0.4) is 0 Å². The van der Waals surface area contributed by atoms with Gasteiger partial charge in [-0.05, 0) is 36.4 Å². The van der Waals surface area contributed by atoms with Crippen LogP contribution in [0.1, 0.15) is 21.7 Å². The Morgan fingerprint density at radius 2 is 1.96 bits per heavy atom. The van der Waals surface area contributed by atoms with Crippen molar-refractivity contribution in [3.05, 3.63) is 80.4 Å². The number of H-pyrrole nitrogens is 1. The average molecular weight is 355 g/mol. The number of nitrogens with zero attached hydrogens (tertiary/aromatic N) is 2. The number of carboxylic acid groups (broad SMARTS) is 1. The van der Waals surface area contributed by atoms with E-state index in [0.717, 1.165) is 10.8 Å². The fourth-order valence-electron chi connectivity index (χ4n) is 2.23. The zero-order chi connectivity index (χ0) is 18.7. The molecule has 3 aromatic rings. The zero-order valence-electron chi connectivity index (χ0n) is 13.2. The molecule has 132 valence electrons. The van der Waals surface area contributed by atoms with Crippen LogP contribution in [0.4, 0.5) is 5.69 Å². The van der Waals surface area contributed by atoms with Crippen LogP contribution in [0.2, 0.25) is 0 Å². The fraction of sp³-hybridized carbons (Fsp3) is 0.0588. The molecule has 0 aliphatic rings. The molecule has 2 heterocycles. The van der Waals surface area contributed by atoms with E-state index in [2.05, 4.69) is 9.98 Å². The highest BCUT2D eigenvalue weighted by Crippen LogP contribution is 2.15. The van der Waals surface area contributed by atoms with Gasteiger partial charge in [-0.2, -0.15) is 0 Å². The fourth-order valence-corrected chi connectivity index (χ4v) is 2.23. The number of aromatic nitrogens is 2. The second kappa shape index (κ2) is 6.93. The van der Waals surface area contributed by atoms with Gasteiger partial charge in [-0.25, -0.2) is 9.59 Å². The van der Waals surface area contributed by atoms with Gasteiger partial charge in [0.25, 0.3) is 5.56 Å². The van der Waals surface area contributed by atoms with Gasteiger partial charge >= 0.3 is 11.7 Å². The molecule has 0 radical (unpaired) electrons. The van der Waals surface area contributed by atoms with E-state index in [1.54, 1.807) is 12.1 Å². The third-order valence-electron chi connectivity index (χ3n) is 3.56. The van der Waals surface area contributed by atoms with Crippen LogP contribution in [-0.4, -0.2) is 31.9 Å². The molecule has 0 amide bonds. The van der Waals surface area contributed by atoms with Gasteiger partial charge in [0.05, 0.1) is 24.1 Å². The number of carbonyl (C=O) groups is 1. The molecule has 0 saturated carbocycles. The topological polar surface area (TPSA) is 138 Å². The Kier molecular flexibility index (Phi) is 4.52. The first-order valence-electron chi connectivity index (χ1n) is 7.41. The minimum atomic E-state index is -1.07. The predicted octanol–water partition coefficient (Wildman–Crippen LogP) is 1.33. The third-order valence-corrected chi connectivity index (χ3v) is 3.56. The molecule has 0 atom stereocenters. The van der Waals surface area contributed by atoms with E-state index in [9.17, 15) is 19.5 Å². The van der Waals surface area contributed by atoms with Crippen molar-refractivity contribution < 1.29 is 19.4 Å². The van der Waals surface area contributed by atoms with Gasteiger partial charge in [0.2, 0.25) is 5.88 Å². The minimum Gasteiger partial charge on any atom is -0.494 e. The number of nitrogens with one attached hydrogen (secondary N) is 1. The summed E-state index contributed by atoms with van der Waals surface area (Å²) in [4.78, 5) is 40.8. The van der Waals surface area contributed by atoms with Gasteiger partial charge in [0.1, 0.15) is 11.3 Å². The zero-order valence-corrected chi connectivity index (χ0v) is 13.2. The van der Waals surface area contributed by atoms with E-state index in [1.807, 2.05) is 0 Å². The van der Waals surface area contributed by atoms with Crippen molar-refractivity contribution in [1.29, 1.82) is 0 Å². The number of furan rings is 1. The van der Waals surface area contributed by atoms with Crippen molar-refractivity contribution in [2.24, 2.45) is 4.99 Å². The summed E-state index contributed by atoms with van der Waals surface area (Å²) in [6.45, 7) is -0.0669. The molecule has 0 aliphatic carbocycles. The maximum absolute atomic E-state index is 12.0. The van der Waals surface area contributed by atoms with E-state index in [-0.39, 0.29) is 17.7 Å². The van der Waals surface area contributed by atoms with Crippen molar-refractivity contribution >= 4 is 17.9 Å². The molecular weight excluding hydrogens is 342 g/mol. The molecule has 0 saturated heterocycles. The third kappa shape index (κ3) is 3.46. The standard InChI is InChI=1S/C17H13N3O6/c21-14-13(8-18-11-5-3-10(4-6-11)16(23)24)15(22)20(17(25)19-14)9-12-2-1-7-26-12/h1-8,22H,9H2,(H,23,24)(H,19,21,25). The molecule has 26 heavy (non-hydrogen) atoms. The molecule has 0 aliphatic heterocycles. The molecule has 0 bridgehead atoms. The van der Waals surface area contributed by atoms with Crippen LogP contribution in [-0.2, 0) is 6.54 Å². The number of aromatic amines is 1. The lowest BCUT2D eigenvalue weighted by Gasteiger charge is -2.07. The highest BCUT2D eigenvalue weighted by Gasteiger charge is 2.14. The average Bonchev–Trinajstić information content (AvgIpc) is 3.12. The summed E-state index contributed by atoms with van der Waals surface area (Å²) in [7, 11) is 0. The summed E-state index contributed by atoms with van der Waals surface area (Å²) < 4.78 is 6.07. The van der Waals surface area contributed by atoms with E-state index in [1.165, 1.54) is 30.5 Å². The Morgan fingerprint density at radius 1 is 1.23 bits per heavy atom. The Hall–Kier alpha value is -3.88. The first-order valence-corrected chi connectivity index (χ1v) is 7.41. The van der Waals surface area contributed by atoms with Crippen LogP contribution in [0.25, 0.3) is 0 Å². The minimum absolute atomic E-state index is 0.0669. The molecule has 9 heteroatoms. The maximum atomic E-state index is 12.0. The molecule has 0 unspecified atom stereocenters. The van der Waals surface area contributed by atoms with Crippen LogP contribution in [0.5, 0.6) is 5.88 Å². The van der Waals surface area contributed by atoms with Crippen molar-refractivity contribution in [2.75, 3.05) is 0 Å². The SMILES string of the molecule is O=C(O)c1ccc(N=Cc2c(O)n(Cc3ccco3)c(=O)[nH]c2=O)cc1. The highest BCUT2D eigenvalue weighted by molar-refractivity contribution is 5.88. The smallest absolute Gasteiger partial charge is 0.335 e.